The second kappa shape index (κ2) is 3.17. The summed E-state index contributed by atoms with van der Waals surface area (Å²) in [5, 5.41) is 1.22. The van der Waals surface area contributed by atoms with Gasteiger partial charge in [0.05, 0.1) is 16.2 Å². The summed E-state index contributed by atoms with van der Waals surface area (Å²) in [6, 6.07) is 0. The SMILES string of the molecule is CCC1(C)C=CC=C2C(=N1)C=CS2(=O)=O. The molecule has 2 rings (SSSR count). The molecule has 3 nitrogen and oxygen atoms in total. The molecule has 1 unspecified atom stereocenters. The first-order chi connectivity index (χ1) is 6.97. The molecule has 4 heteroatoms. The standard InChI is InChI=1S/C11H13NO2S/c1-3-11(2)7-4-5-10-9(12-11)6-8-15(10,13)14/h4-8H,3H2,1-2H3. The van der Waals surface area contributed by atoms with E-state index in [1.165, 1.54) is 5.41 Å². The van der Waals surface area contributed by atoms with Crippen LogP contribution in [0.5, 0.6) is 0 Å². The average Bonchev–Trinajstić information content (AvgIpc) is 2.38. The molecule has 0 aromatic heterocycles. The van der Waals surface area contributed by atoms with Crippen LogP contribution in [0.4, 0.5) is 0 Å². The minimum absolute atomic E-state index is 0.294. The first-order valence-corrected chi connectivity index (χ1v) is 6.44. The van der Waals surface area contributed by atoms with Crippen LogP contribution in [0.1, 0.15) is 20.3 Å². The molecule has 2 aliphatic rings. The van der Waals surface area contributed by atoms with Gasteiger partial charge in [0.25, 0.3) is 0 Å². The molecule has 2 heterocycles. The summed E-state index contributed by atoms with van der Waals surface area (Å²) >= 11 is 0. The monoisotopic (exact) mass is 223 g/mol. The minimum Gasteiger partial charge on any atom is -0.273 e. The molecule has 2 aliphatic heterocycles. The third-order valence-corrected chi connectivity index (χ3v) is 4.21. The van der Waals surface area contributed by atoms with Gasteiger partial charge < -0.3 is 0 Å². The molecule has 0 aromatic rings. The number of rotatable bonds is 1. The predicted molar refractivity (Wildman–Crippen MR) is 61.4 cm³/mol. The molecular formula is C11H13NO2S. The second-order valence-corrected chi connectivity index (χ2v) is 5.75. The van der Waals surface area contributed by atoms with Crippen molar-refractivity contribution in [2.24, 2.45) is 4.99 Å². The van der Waals surface area contributed by atoms with Gasteiger partial charge in [-0.05, 0) is 25.5 Å². The van der Waals surface area contributed by atoms with Crippen molar-refractivity contribution in [2.75, 3.05) is 0 Å². The fraction of sp³-hybridized carbons (Fsp3) is 0.364. The van der Waals surface area contributed by atoms with Gasteiger partial charge in [0.15, 0.2) is 0 Å². The van der Waals surface area contributed by atoms with E-state index in [0.717, 1.165) is 6.42 Å². The zero-order valence-electron chi connectivity index (χ0n) is 8.77. The third-order valence-electron chi connectivity index (χ3n) is 2.76. The van der Waals surface area contributed by atoms with Crippen molar-refractivity contribution in [1.29, 1.82) is 0 Å². The molecule has 15 heavy (non-hydrogen) atoms. The summed E-state index contributed by atoms with van der Waals surface area (Å²) in [5.41, 5.74) is 0.280. The predicted octanol–water partition coefficient (Wildman–Crippen LogP) is 1.99. The molecule has 0 aromatic carbocycles. The quantitative estimate of drug-likeness (QED) is 0.682. The van der Waals surface area contributed by atoms with Crippen molar-refractivity contribution in [2.45, 2.75) is 25.8 Å². The molecule has 0 saturated carbocycles. The van der Waals surface area contributed by atoms with Crippen LogP contribution < -0.4 is 0 Å². The van der Waals surface area contributed by atoms with Gasteiger partial charge in [-0.25, -0.2) is 8.42 Å². The smallest absolute Gasteiger partial charge is 0.202 e. The van der Waals surface area contributed by atoms with Crippen molar-refractivity contribution < 1.29 is 8.42 Å². The fourth-order valence-corrected chi connectivity index (χ4v) is 2.71. The minimum atomic E-state index is -3.23. The lowest BCUT2D eigenvalue weighted by molar-refractivity contribution is 0.569. The van der Waals surface area contributed by atoms with Gasteiger partial charge in [-0.3, -0.25) is 4.99 Å². The zero-order chi connectivity index (χ0) is 11.1. The van der Waals surface area contributed by atoms with E-state index in [0.29, 0.717) is 10.6 Å². The Morgan fingerprint density at radius 3 is 2.87 bits per heavy atom. The van der Waals surface area contributed by atoms with Crippen LogP contribution in [0.2, 0.25) is 0 Å². The number of sulfone groups is 1. The summed E-state index contributed by atoms with van der Waals surface area (Å²) in [6.07, 6.45) is 7.76. The van der Waals surface area contributed by atoms with Crippen LogP contribution in [0, 0.1) is 0 Å². The highest BCUT2D eigenvalue weighted by Gasteiger charge is 2.29. The van der Waals surface area contributed by atoms with E-state index >= 15 is 0 Å². The lowest BCUT2D eigenvalue weighted by Crippen LogP contribution is -2.18. The molecule has 0 fully saturated rings. The highest BCUT2D eigenvalue weighted by atomic mass is 32.2. The van der Waals surface area contributed by atoms with Crippen LogP contribution in [0.3, 0.4) is 0 Å². The Balaban J connectivity index is 2.57. The normalized spacial score (nSPS) is 31.9. The number of nitrogens with zero attached hydrogens (tertiary/aromatic N) is 1. The summed E-state index contributed by atoms with van der Waals surface area (Å²) in [5.74, 6) is 0. The summed E-state index contributed by atoms with van der Waals surface area (Å²) < 4.78 is 23.2. The highest BCUT2D eigenvalue weighted by molar-refractivity contribution is 7.99. The Hall–Kier alpha value is -1.16. The number of fused-ring (bicyclic) bond motifs is 1. The number of hydrogen-bond acceptors (Lipinski definition) is 3. The van der Waals surface area contributed by atoms with Gasteiger partial charge in [0, 0.05) is 5.41 Å². The maximum atomic E-state index is 11.6. The number of hydrogen-bond donors (Lipinski definition) is 0. The largest absolute Gasteiger partial charge is 0.273 e. The summed E-state index contributed by atoms with van der Waals surface area (Å²) in [6.45, 7) is 4.03. The third kappa shape index (κ3) is 1.69. The Morgan fingerprint density at radius 1 is 1.47 bits per heavy atom. The molecule has 0 saturated heterocycles. The fourth-order valence-electron chi connectivity index (χ4n) is 1.58. The first kappa shape index (κ1) is 10.4. The summed E-state index contributed by atoms with van der Waals surface area (Å²) in [4.78, 5) is 4.79. The van der Waals surface area contributed by atoms with Gasteiger partial charge >= 0.3 is 0 Å². The molecule has 0 N–H and O–H groups in total. The molecule has 0 radical (unpaired) electrons. The van der Waals surface area contributed by atoms with E-state index in [1.54, 1.807) is 18.2 Å². The lowest BCUT2D eigenvalue weighted by Gasteiger charge is -2.18. The number of aliphatic imine (C=N–C) groups is 1. The maximum Gasteiger partial charge on any atom is 0.202 e. The zero-order valence-corrected chi connectivity index (χ0v) is 9.58. The van der Waals surface area contributed by atoms with Gasteiger partial charge in [-0.2, -0.15) is 0 Å². The Kier molecular flexibility index (Phi) is 2.19. The maximum absolute atomic E-state index is 11.6. The van der Waals surface area contributed by atoms with Crippen LogP contribution in [0.15, 0.2) is 39.6 Å². The molecule has 0 aliphatic carbocycles. The first-order valence-electron chi connectivity index (χ1n) is 4.90. The van der Waals surface area contributed by atoms with Gasteiger partial charge in [0.1, 0.15) is 0 Å². The van der Waals surface area contributed by atoms with Gasteiger partial charge in [0.2, 0.25) is 9.84 Å². The molecule has 0 amide bonds. The van der Waals surface area contributed by atoms with Crippen LogP contribution in [-0.4, -0.2) is 19.7 Å². The highest BCUT2D eigenvalue weighted by Crippen LogP contribution is 2.27. The van der Waals surface area contributed by atoms with Crippen molar-refractivity contribution in [3.05, 3.63) is 34.6 Å². The van der Waals surface area contributed by atoms with E-state index in [-0.39, 0.29) is 5.54 Å². The topological polar surface area (TPSA) is 46.5 Å². The molecule has 80 valence electrons. The van der Waals surface area contributed by atoms with Gasteiger partial charge in [-0.15, -0.1) is 0 Å². The Morgan fingerprint density at radius 2 is 2.20 bits per heavy atom. The van der Waals surface area contributed by atoms with Crippen LogP contribution in [0.25, 0.3) is 0 Å². The second-order valence-electron chi connectivity index (χ2n) is 3.95. The molecule has 0 bridgehead atoms. The van der Waals surface area contributed by atoms with Crippen molar-refractivity contribution in [3.63, 3.8) is 0 Å². The van der Waals surface area contributed by atoms with E-state index < -0.39 is 9.84 Å². The molecular weight excluding hydrogens is 210 g/mol. The Labute approximate surface area is 89.8 Å². The van der Waals surface area contributed by atoms with E-state index in [9.17, 15) is 8.42 Å². The molecule has 0 spiro atoms. The molecule has 1 atom stereocenters. The van der Waals surface area contributed by atoms with Crippen molar-refractivity contribution >= 4 is 15.5 Å². The van der Waals surface area contributed by atoms with Crippen LogP contribution >= 0.6 is 0 Å². The van der Waals surface area contributed by atoms with Gasteiger partial charge in [-0.1, -0.05) is 19.1 Å². The average molecular weight is 223 g/mol. The van der Waals surface area contributed by atoms with Crippen molar-refractivity contribution in [1.82, 2.24) is 0 Å². The van der Waals surface area contributed by atoms with E-state index in [4.69, 9.17) is 0 Å². The van der Waals surface area contributed by atoms with Crippen molar-refractivity contribution in [3.8, 4) is 0 Å². The lowest BCUT2D eigenvalue weighted by atomic mass is 9.99. The van der Waals surface area contributed by atoms with E-state index in [2.05, 4.69) is 4.99 Å². The summed E-state index contributed by atoms with van der Waals surface area (Å²) in [7, 11) is -3.23. The van der Waals surface area contributed by atoms with Crippen LogP contribution in [-0.2, 0) is 9.84 Å². The van der Waals surface area contributed by atoms with E-state index in [1.807, 2.05) is 19.9 Å². The number of allylic oxidation sites excluding steroid dienone is 4. The Bertz CT molecular complexity index is 509.